The Morgan fingerprint density at radius 1 is 1.67 bits per heavy atom. The number of rotatable bonds is 3. The van der Waals surface area contributed by atoms with Crippen molar-refractivity contribution >= 4 is 11.8 Å². The van der Waals surface area contributed by atoms with E-state index in [9.17, 15) is 0 Å². The summed E-state index contributed by atoms with van der Waals surface area (Å²) in [5, 5.41) is 4.39. The molecule has 15 heavy (non-hydrogen) atoms. The van der Waals surface area contributed by atoms with Crippen molar-refractivity contribution in [3.63, 3.8) is 0 Å². The molecule has 1 aromatic heterocycles. The maximum absolute atomic E-state index is 5.92. The molecule has 2 rings (SSSR count). The topological polar surface area (TPSA) is 43.8 Å². The number of hydrogen-bond donors (Lipinski definition) is 1. The standard InChI is InChI=1S/C11H19N3S/c1-9-6-10(14(2)13-9)7-11(8-12)4-3-5-15-11/h6H,3-5,7-8,12H2,1-2H3. The first-order valence-corrected chi connectivity index (χ1v) is 6.47. The monoisotopic (exact) mass is 225 g/mol. The third-order valence-electron chi connectivity index (χ3n) is 3.16. The van der Waals surface area contributed by atoms with Gasteiger partial charge in [-0.25, -0.2) is 0 Å². The maximum Gasteiger partial charge on any atom is 0.0596 e. The molecule has 1 saturated heterocycles. The summed E-state index contributed by atoms with van der Waals surface area (Å²) in [5.74, 6) is 1.26. The van der Waals surface area contributed by atoms with Crippen molar-refractivity contribution in [2.45, 2.75) is 30.9 Å². The van der Waals surface area contributed by atoms with Crippen molar-refractivity contribution in [1.29, 1.82) is 0 Å². The van der Waals surface area contributed by atoms with E-state index < -0.39 is 0 Å². The highest BCUT2D eigenvalue weighted by Crippen LogP contribution is 2.39. The molecule has 0 saturated carbocycles. The fourth-order valence-corrected chi connectivity index (χ4v) is 3.67. The van der Waals surface area contributed by atoms with Crippen LogP contribution in [0.1, 0.15) is 24.2 Å². The molecule has 1 aliphatic rings. The SMILES string of the molecule is Cc1cc(CC2(CN)CCCS2)n(C)n1. The molecule has 4 heteroatoms. The number of aryl methyl sites for hydroxylation is 2. The molecule has 0 radical (unpaired) electrons. The van der Waals surface area contributed by atoms with Crippen LogP contribution >= 0.6 is 11.8 Å². The highest BCUT2D eigenvalue weighted by Gasteiger charge is 2.34. The fraction of sp³-hybridized carbons (Fsp3) is 0.727. The Hall–Kier alpha value is -0.480. The fourth-order valence-electron chi connectivity index (χ4n) is 2.29. The van der Waals surface area contributed by atoms with Crippen LogP contribution < -0.4 is 5.73 Å². The summed E-state index contributed by atoms with van der Waals surface area (Å²) in [6.45, 7) is 2.82. The molecule has 1 unspecified atom stereocenters. The van der Waals surface area contributed by atoms with Crippen molar-refractivity contribution in [3.8, 4) is 0 Å². The van der Waals surface area contributed by atoms with Gasteiger partial charge in [-0.15, -0.1) is 0 Å². The lowest BCUT2D eigenvalue weighted by Crippen LogP contribution is -2.34. The molecule has 1 aromatic rings. The van der Waals surface area contributed by atoms with Crippen LogP contribution in [0.25, 0.3) is 0 Å². The molecule has 0 spiro atoms. The van der Waals surface area contributed by atoms with Gasteiger partial charge in [-0.3, -0.25) is 4.68 Å². The van der Waals surface area contributed by atoms with E-state index in [2.05, 4.69) is 11.2 Å². The molecular formula is C11H19N3S. The van der Waals surface area contributed by atoms with Gasteiger partial charge in [0.25, 0.3) is 0 Å². The molecule has 1 atom stereocenters. The maximum atomic E-state index is 5.92. The van der Waals surface area contributed by atoms with Crippen molar-refractivity contribution in [2.24, 2.45) is 12.8 Å². The molecule has 2 heterocycles. The van der Waals surface area contributed by atoms with Gasteiger partial charge in [0.15, 0.2) is 0 Å². The number of nitrogens with zero attached hydrogens (tertiary/aromatic N) is 2. The second-order valence-corrected chi connectivity index (χ2v) is 5.98. The highest BCUT2D eigenvalue weighted by molar-refractivity contribution is 8.00. The van der Waals surface area contributed by atoms with Gasteiger partial charge in [-0.1, -0.05) is 0 Å². The van der Waals surface area contributed by atoms with Gasteiger partial charge in [-0.2, -0.15) is 16.9 Å². The Labute approximate surface area is 95.4 Å². The summed E-state index contributed by atoms with van der Waals surface area (Å²) >= 11 is 2.04. The van der Waals surface area contributed by atoms with E-state index in [-0.39, 0.29) is 4.75 Å². The lowest BCUT2D eigenvalue weighted by atomic mass is 9.97. The third-order valence-corrected chi connectivity index (χ3v) is 4.78. The predicted molar refractivity (Wildman–Crippen MR) is 65.1 cm³/mol. The van der Waals surface area contributed by atoms with E-state index in [1.165, 1.54) is 24.3 Å². The van der Waals surface area contributed by atoms with Gasteiger partial charge in [0.1, 0.15) is 0 Å². The molecule has 2 N–H and O–H groups in total. The zero-order valence-electron chi connectivity index (χ0n) is 9.49. The van der Waals surface area contributed by atoms with Gasteiger partial charge >= 0.3 is 0 Å². The molecule has 0 bridgehead atoms. The van der Waals surface area contributed by atoms with E-state index in [0.29, 0.717) is 0 Å². The second kappa shape index (κ2) is 4.18. The Bertz CT molecular complexity index is 340. The number of hydrogen-bond acceptors (Lipinski definition) is 3. The van der Waals surface area contributed by atoms with Crippen molar-refractivity contribution in [3.05, 3.63) is 17.5 Å². The molecule has 84 valence electrons. The summed E-state index contributed by atoms with van der Waals surface area (Å²) in [7, 11) is 2.02. The van der Waals surface area contributed by atoms with E-state index in [0.717, 1.165) is 18.7 Å². The van der Waals surface area contributed by atoms with E-state index in [1.54, 1.807) is 0 Å². The van der Waals surface area contributed by atoms with E-state index >= 15 is 0 Å². The van der Waals surface area contributed by atoms with Crippen LogP contribution in [-0.4, -0.2) is 26.8 Å². The van der Waals surface area contributed by atoms with Gasteiger partial charge in [0.05, 0.1) is 5.69 Å². The third kappa shape index (κ3) is 2.21. The Balaban J connectivity index is 2.16. The summed E-state index contributed by atoms with van der Waals surface area (Å²) in [5.41, 5.74) is 8.34. The number of aromatic nitrogens is 2. The highest BCUT2D eigenvalue weighted by atomic mass is 32.2. The van der Waals surface area contributed by atoms with Crippen molar-refractivity contribution in [1.82, 2.24) is 9.78 Å². The lowest BCUT2D eigenvalue weighted by Gasteiger charge is -2.26. The van der Waals surface area contributed by atoms with Crippen molar-refractivity contribution in [2.75, 3.05) is 12.3 Å². The molecule has 0 amide bonds. The first-order valence-electron chi connectivity index (χ1n) is 5.49. The van der Waals surface area contributed by atoms with E-state index in [4.69, 9.17) is 5.73 Å². The minimum absolute atomic E-state index is 0.278. The quantitative estimate of drug-likeness (QED) is 0.847. The molecule has 1 aliphatic heterocycles. The largest absolute Gasteiger partial charge is 0.329 e. The van der Waals surface area contributed by atoms with Crippen LogP contribution in [0, 0.1) is 6.92 Å². The summed E-state index contributed by atoms with van der Waals surface area (Å²) in [6, 6.07) is 2.18. The second-order valence-electron chi connectivity index (χ2n) is 4.42. The Morgan fingerprint density at radius 3 is 2.93 bits per heavy atom. The van der Waals surface area contributed by atoms with Crippen LogP contribution in [0.4, 0.5) is 0 Å². The van der Waals surface area contributed by atoms with Gasteiger partial charge in [-0.05, 0) is 31.6 Å². The van der Waals surface area contributed by atoms with Crippen LogP contribution in [-0.2, 0) is 13.5 Å². The van der Waals surface area contributed by atoms with Crippen LogP contribution in [0.3, 0.4) is 0 Å². The van der Waals surface area contributed by atoms with Gasteiger partial charge in [0.2, 0.25) is 0 Å². The summed E-state index contributed by atoms with van der Waals surface area (Å²) in [4.78, 5) is 0. The normalized spacial score (nSPS) is 26.1. The predicted octanol–water partition coefficient (Wildman–Crippen LogP) is 1.50. The van der Waals surface area contributed by atoms with E-state index in [1.807, 2.05) is 30.4 Å². The molecule has 0 aliphatic carbocycles. The molecule has 1 fully saturated rings. The van der Waals surface area contributed by atoms with Crippen LogP contribution in [0.5, 0.6) is 0 Å². The first kappa shape index (κ1) is 11.0. The molecule has 0 aromatic carbocycles. The van der Waals surface area contributed by atoms with Crippen molar-refractivity contribution < 1.29 is 0 Å². The minimum atomic E-state index is 0.278. The number of nitrogens with two attached hydrogens (primary N) is 1. The molecular weight excluding hydrogens is 206 g/mol. The average molecular weight is 225 g/mol. The zero-order chi connectivity index (χ0) is 10.9. The smallest absolute Gasteiger partial charge is 0.0596 e. The van der Waals surface area contributed by atoms with Gasteiger partial charge in [0, 0.05) is 30.5 Å². The van der Waals surface area contributed by atoms with Crippen LogP contribution in [0.2, 0.25) is 0 Å². The van der Waals surface area contributed by atoms with Gasteiger partial charge < -0.3 is 5.73 Å². The average Bonchev–Trinajstić information content (AvgIpc) is 2.76. The minimum Gasteiger partial charge on any atom is -0.329 e. The Morgan fingerprint density at radius 2 is 2.47 bits per heavy atom. The summed E-state index contributed by atoms with van der Waals surface area (Å²) in [6.07, 6.45) is 3.61. The number of thioether (sulfide) groups is 1. The first-order chi connectivity index (χ1) is 7.15. The molecule has 3 nitrogen and oxygen atoms in total. The lowest BCUT2D eigenvalue weighted by molar-refractivity contribution is 0.540. The van der Waals surface area contributed by atoms with Crippen LogP contribution in [0.15, 0.2) is 6.07 Å². The summed E-state index contributed by atoms with van der Waals surface area (Å²) < 4.78 is 2.27. The zero-order valence-corrected chi connectivity index (χ0v) is 10.3. The Kier molecular flexibility index (Phi) is 3.07.